The molecule has 1 saturated heterocycles. The lowest BCUT2D eigenvalue weighted by atomic mass is 9.92. The Labute approximate surface area is 104 Å². The summed E-state index contributed by atoms with van der Waals surface area (Å²) in [6.45, 7) is 10.9. The third-order valence-corrected chi connectivity index (χ3v) is 3.25. The molecule has 2 rings (SSSR count). The fraction of sp³-hybridized carbons (Fsp3) is 0.692. The second kappa shape index (κ2) is 4.61. The summed E-state index contributed by atoms with van der Waals surface area (Å²) < 4.78 is 0. The van der Waals surface area contributed by atoms with Gasteiger partial charge in [0.05, 0.1) is 5.69 Å². The minimum atomic E-state index is 0.0876. The SMILES string of the molecule is CN1CCN(c2cc(C(C)(C)C)ncn2)CC1. The van der Waals surface area contributed by atoms with Crippen LogP contribution in [-0.4, -0.2) is 48.1 Å². The number of hydrogen-bond acceptors (Lipinski definition) is 4. The molecule has 0 bridgehead atoms. The number of aromatic nitrogens is 2. The first kappa shape index (κ1) is 12.3. The first-order valence-corrected chi connectivity index (χ1v) is 6.23. The van der Waals surface area contributed by atoms with Crippen molar-refractivity contribution < 1.29 is 0 Å². The van der Waals surface area contributed by atoms with E-state index in [-0.39, 0.29) is 5.41 Å². The molecule has 1 aliphatic rings. The van der Waals surface area contributed by atoms with Gasteiger partial charge in [0.2, 0.25) is 0 Å². The van der Waals surface area contributed by atoms with Crippen molar-refractivity contribution in [2.24, 2.45) is 0 Å². The van der Waals surface area contributed by atoms with E-state index < -0.39 is 0 Å². The van der Waals surface area contributed by atoms with Crippen molar-refractivity contribution in [3.05, 3.63) is 18.1 Å². The lowest BCUT2D eigenvalue weighted by Crippen LogP contribution is -2.44. The standard InChI is InChI=1S/C13H22N4/c1-13(2,3)11-9-12(15-10-14-11)17-7-5-16(4)6-8-17/h9-10H,5-8H2,1-4H3. The van der Waals surface area contributed by atoms with Gasteiger partial charge < -0.3 is 9.80 Å². The Balaban J connectivity index is 2.16. The zero-order valence-electron chi connectivity index (χ0n) is 11.3. The number of piperazine rings is 1. The average molecular weight is 234 g/mol. The van der Waals surface area contributed by atoms with E-state index in [4.69, 9.17) is 0 Å². The molecule has 0 amide bonds. The minimum absolute atomic E-state index is 0.0876. The molecule has 0 saturated carbocycles. The zero-order chi connectivity index (χ0) is 12.5. The molecule has 1 fully saturated rings. The Morgan fingerprint density at radius 1 is 1.06 bits per heavy atom. The van der Waals surface area contributed by atoms with Crippen molar-refractivity contribution in [1.29, 1.82) is 0 Å². The maximum Gasteiger partial charge on any atom is 0.132 e. The lowest BCUT2D eigenvalue weighted by Gasteiger charge is -2.33. The van der Waals surface area contributed by atoms with Crippen LogP contribution in [0.3, 0.4) is 0 Å². The summed E-state index contributed by atoms with van der Waals surface area (Å²) >= 11 is 0. The van der Waals surface area contributed by atoms with Crippen molar-refractivity contribution in [1.82, 2.24) is 14.9 Å². The third-order valence-electron chi connectivity index (χ3n) is 3.25. The molecule has 0 radical (unpaired) electrons. The van der Waals surface area contributed by atoms with Gasteiger partial charge in [0, 0.05) is 37.7 Å². The summed E-state index contributed by atoms with van der Waals surface area (Å²) in [6, 6.07) is 2.13. The maximum absolute atomic E-state index is 4.40. The van der Waals surface area contributed by atoms with Crippen molar-refractivity contribution in [3.8, 4) is 0 Å². The quantitative estimate of drug-likeness (QED) is 0.737. The molecule has 0 spiro atoms. The molecule has 2 heterocycles. The third kappa shape index (κ3) is 2.94. The predicted octanol–water partition coefficient (Wildman–Crippen LogP) is 1.53. The average Bonchev–Trinajstić information content (AvgIpc) is 2.29. The predicted molar refractivity (Wildman–Crippen MR) is 70.4 cm³/mol. The zero-order valence-corrected chi connectivity index (χ0v) is 11.3. The summed E-state index contributed by atoms with van der Waals surface area (Å²) in [5.41, 5.74) is 1.20. The molecule has 1 aromatic heterocycles. The monoisotopic (exact) mass is 234 g/mol. The Morgan fingerprint density at radius 2 is 1.71 bits per heavy atom. The van der Waals surface area contributed by atoms with E-state index in [0.717, 1.165) is 37.7 Å². The Kier molecular flexibility index (Phi) is 3.33. The van der Waals surface area contributed by atoms with Gasteiger partial charge in [0.15, 0.2) is 0 Å². The van der Waals surface area contributed by atoms with Crippen LogP contribution < -0.4 is 4.90 Å². The van der Waals surface area contributed by atoms with E-state index in [1.165, 1.54) is 0 Å². The Bertz CT molecular complexity index is 375. The molecule has 1 aromatic rings. The highest BCUT2D eigenvalue weighted by Crippen LogP contribution is 2.23. The fourth-order valence-corrected chi connectivity index (χ4v) is 1.97. The van der Waals surface area contributed by atoms with Crippen molar-refractivity contribution in [3.63, 3.8) is 0 Å². The number of rotatable bonds is 1. The summed E-state index contributed by atoms with van der Waals surface area (Å²) in [7, 11) is 2.16. The highest BCUT2D eigenvalue weighted by Gasteiger charge is 2.19. The van der Waals surface area contributed by atoms with Crippen LogP contribution in [0.25, 0.3) is 0 Å². The number of likely N-dealkylation sites (N-methyl/N-ethyl adjacent to an activating group) is 1. The second-order valence-electron chi connectivity index (χ2n) is 5.80. The number of hydrogen-bond donors (Lipinski definition) is 0. The van der Waals surface area contributed by atoms with Gasteiger partial charge in [-0.15, -0.1) is 0 Å². The second-order valence-corrected chi connectivity index (χ2v) is 5.80. The molecule has 1 aliphatic heterocycles. The van der Waals surface area contributed by atoms with Crippen LogP contribution in [0.4, 0.5) is 5.82 Å². The highest BCUT2D eigenvalue weighted by molar-refractivity contribution is 5.40. The lowest BCUT2D eigenvalue weighted by molar-refractivity contribution is 0.312. The van der Waals surface area contributed by atoms with Crippen molar-refractivity contribution in [2.75, 3.05) is 38.1 Å². The molecular formula is C13H22N4. The molecule has 0 aromatic carbocycles. The van der Waals surface area contributed by atoms with Crippen LogP contribution in [0, 0.1) is 0 Å². The van der Waals surface area contributed by atoms with Crippen LogP contribution in [0.1, 0.15) is 26.5 Å². The topological polar surface area (TPSA) is 32.3 Å². The molecule has 0 atom stereocenters. The van der Waals surface area contributed by atoms with Gasteiger partial charge in [-0.1, -0.05) is 20.8 Å². The summed E-state index contributed by atoms with van der Waals surface area (Å²) in [6.07, 6.45) is 1.69. The summed E-state index contributed by atoms with van der Waals surface area (Å²) in [4.78, 5) is 13.5. The number of anilines is 1. The van der Waals surface area contributed by atoms with Crippen LogP contribution >= 0.6 is 0 Å². The molecule has 17 heavy (non-hydrogen) atoms. The van der Waals surface area contributed by atoms with Gasteiger partial charge in [0.1, 0.15) is 12.1 Å². The first-order chi connectivity index (χ1) is 7.97. The molecule has 4 nitrogen and oxygen atoms in total. The minimum Gasteiger partial charge on any atom is -0.354 e. The number of nitrogens with zero attached hydrogens (tertiary/aromatic N) is 4. The molecular weight excluding hydrogens is 212 g/mol. The van der Waals surface area contributed by atoms with E-state index in [2.05, 4.69) is 53.7 Å². The molecule has 0 unspecified atom stereocenters. The van der Waals surface area contributed by atoms with Crippen molar-refractivity contribution >= 4 is 5.82 Å². The van der Waals surface area contributed by atoms with Gasteiger partial charge in [-0.25, -0.2) is 9.97 Å². The van der Waals surface area contributed by atoms with E-state index in [1.54, 1.807) is 6.33 Å². The molecule has 0 aliphatic carbocycles. The Hall–Kier alpha value is -1.16. The van der Waals surface area contributed by atoms with E-state index in [1.807, 2.05) is 0 Å². The van der Waals surface area contributed by atoms with Gasteiger partial charge in [-0.05, 0) is 7.05 Å². The van der Waals surface area contributed by atoms with Crippen molar-refractivity contribution in [2.45, 2.75) is 26.2 Å². The molecule has 0 N–H and O–H groups in total. The Morgan fingerprint density at radius 3 is 2.29 bits per heavy atom. The van der Waals surface area contributed by atoms with E-state index in [9.17, 15) is 0 Å². The van der Waals surface area contributed by atoms with E-state index >= 15 is 0 Å². The van der Waals surface area contributed by atoms with Gasteiger partial charge >= 0.3 is 0 Å². The van der Waals surface area contributed by atoms with Crippen LogP contribution in [0.15, 0.2) is 12.4 Å². The summed E-state index contributed by atoms with van der Waals surface area (Å²) in [5, 5.41) is 0. The van der Waals surface area contributed by atoms with E-state index in [0.29, 0.717) is 0 Å². The molecule has 94 valence electrons. The first-order valence-electron chi connectivity index (χ1n) is 6.23. The maximum atomic E-state index is 4.40. The normalized spacial score (nSPS) is 18.5. The highest BCUT2D eigenvalue weighted by atomic mass is 15.3. The smallest absolute Gasteiger partial charge is 0.132 e. The fourth-order valence-electron chi connectivity index (χ4n) is 1.97. The van der Waals surface area contributed by atoms with Gasteiger partial charge in [-0.3, -0.25) is 0 Å². The van der Waals surface area contributed by atoms with Crippen LogP contribution in [0.5, 0.6) is 0 Å². The molecule has 4 heteroatoms. The van der Waals surface area contributed by atoms with Gasteiger partial charge in [-0.2, -0.15) is 0 Å². The van der Waals surface area contributed by atoms with Crippen LogP contribution in [-0.2, 0) is 5.41 Å². The largest absolute Gasteiger partial charge is 0.354 e. The van der Waals surface area contributed by atoms with Crippen LogP contribution in [0.2, 0.25) is 0 Å². The van der Waals surface area contributed by atoms with Gasteiger partial charge in [0.25, 0.3) is 0 Å². The summed E-state index contributed by atoms with van der Waals surface area (Å²) in [5.74, 6) is 1.07.